The number of fused-ring (bicyclic) bond motifs is 1. The van der Waals surface area contributed by atoms with Crippen LogP contribution in [0.15, 0.2) is 43.0 Å². The number of carbonyl (C=O) groups excluding carboxylic acids is 1. The number of hydrogen-bond donors (Lipinski definition) is 1. The minimum absolute atomic E-state index is 0.0179. The van der Waals surface area contributed by atoms with Gasteiger partial charge in [-0.25, -0.2) is 15.0 Å². The molecule has 11 nitrogen and oxygen atoms in total. The predicted octanol–water partition coefficient (Wildman–Crippen LogP) is 3.34. The number of hydrogen-bond acceptors (Lipinski definition) is 9. The number of aromatic nitrogens is 5. The number of aryl methyl sites for hydroxylation is 2. The molecule has 1 N–H and O–H groups in total. The fourth-order valence-electron chi connectivity index (χ4n) is 3.96. The second kappa shape index (κ2) is 9.59. The minimum Gasteiger partial charge on any atom is -0.437 e. The van der Waals surface area contributed by atoms with E-state index in [1.165, 1.54) is 6.20 Å². The number of carbonyl (C=O) groups is 1. The molecule has 5 heterocycles. The van der Waals surface area contributed by atoms with Crippen molar-refractivity contribution in [1.82, 2.24) is 29.4 Å². The Morgan fingerprint density at radius 2 is 2.11 bits per heavy atom. The van der Waals surface area contributed by atoms with Crippen LogP contribution in [0.3, 0.4) is 0 Å². The molecule has 1 atom stereocenters. The Hall–Kier alpha value is -4.56. The molecular formula is C25H24N8O3. The Balaban J connectivity index is 1.40. The highest BCUT2D eigenvalue weighted by Crippen LogP contribution is 2.31. The van der Waals surface area contributed by atoms with Crippen molar-refractivity contribution < 1.29 is 14.3 Å². The predicted molar refractivity (Wildman–Crippen MR) is 131 cm³/mol. The molecule has 1 saturated heterocycles. The van der Waals surface area contributed by atoms with Crippen LogP contribution in [0.1, 0.15) is 28.5 Å². The molecule has 0 unspecified atom stereocenters. The smallest absolute Gasteiger partial charge is 0.255 e. The molecule has 36 heavy (non-hydrogen) atoms. The van der Waals surface area contributed by atoms with Crippen LogP contribution in [-0.4, -0.2) is 61.1 Å². The summed E-state index contributed by atoms with van der Waals surface area (Å²) in [4.78, 5) is 32.2. The van der Waals surface area contributed by atoms with Gasteiger partial charge >= 0.3 is 0 Å². The van der Waals surface area contributed by atoms with Gasteiger partial charge in [-0.05, 0) is 37.6 Å². The highest BCUT2D eigenvalue weighted by Gasteiger charge is 2.23. The summed E-state index contributed by atoms with van der Waals surface area (Å²) in [6.07, 6.45) is 4.75. The summed E-state index contributed by atoms with van der Waals surface area (Å²) in [5.41, 5.74) is 3.49. The number of pyridine rings is 3. The van der Waals surface area contributed by atoms with Crippen LogP contribution in [0.2, 0.25) is 0 Å². The Bertz CT molecular complexity index is 1480. The lowest BCUT2D eigenvalue weighted by Gasteiger charge is -2.31. The molecule has 11 heteroatoms. The van der Waals surface area contributed by atoms with E-state index in [1.807, 2.05) is 27.0 Å². The lowest BCUT2D eigenvalue weighted by atomic mass is 10.2. The van der Waals surface area contributed by atoms with Crippen LogP contribution in [0, 0.1) is 18.3 Å². The lowest BCUT2D eigenvalue weighted by molar-refractivity contribution is -0.0124. The molecule has 182 valence electrons. The second-order valence-corrected chi connectivity index (χ2v) is 8.57. The molecule has 0 saturated carbocycles. The van der Waals surface area contributed by atoms with E-state index in [4.69, 9.17) is 14.7 Å². The Morgan fingerprint density at radius 1 is 1.25 bits per heavy atom. The summed E-state index contributed by atoms with van der Waals surface area (Å²) in [6.45, 7) is 5.45. The molecule has 0 aromatic carbocycles. The number of ether oxygens (including phenoxy) is 2. The first kappa shape index (κ1) is 23.2. The summed E-state index contributed by atoms with van der Waals surface area (Å²) in [6, 6.07) is 8.89. The number of morpholine rings is 1. The van der Waals surface area contributed by atoms with Crippen LogP contribution in [0.25, 0.3) is 11.2 Å². The molecule has 1 aliphatic rings. The SMILES string of the molecule is Cc1cc(C#N)ncc1Oc1cc(Nc2ccc(C(=O)N3CCO[C@H](C)C3)cn2)c2ncn(C)c2n1. The van der Waals surface area contributed by atoms with E-state index in [1.54, 1.807) is 46.3 Å². The molecule has 4 aromatic heterocycles. The van der Waals surface area contributed by atoms with E-state index in [-0.39, 0.29) is 12.0 Å². The van der Waals surface area contributed by atoms with Gasteiger partial charge in [-0.15, -0.1) is 0 Å². The molecule has 0 radical (unpaired) electrons. The molecule has 1 fully saturated rings. The standard InChI is InChI=1S/C25H24N8O3/c1-15-8-18(10-26)27-12-20(15)36-22-9-19(23-24(31-22)32(3)14-29-23)30-21-5-4-17(11-28-21)25(34)33-6-7-35-16(2)13-33/h4-5,8-9,11-12,14,16H,6-7,13H2,1-3H3,(H,28,30,31)/t16-/m1/s1. The van der Waals surface area contributed by atoms with Gasteiger partial charge in [0.05, 0.1) is 36.5 Å². The van der Waals surface area contributed by atoms with E-state index in [9.17, 15) is 4.79 Å². The zero-order valence-electron chi connectivity index (χ0n) is 20.1. The van der Waals surface area contributed by atoms with Crippen molar-refractivity contribution in [2.24, 2.45) is 7.05 Å². The van der Waals surface area contributed by atoms with Crippen LogP contribution in [-0.2, 0) is 11.8 Å². The van der Waals surface area contributed by atoms with Crippen molar-refractivity contribution in [3.8, 4) is 17.7 Å². The molecule has 1 aliphatic heterocycles. The van der Waals surface area contributed by atoms with Gasteiger partial charge in [-0.3, -0.25) is 4.79 Å². The molecular weight excluding hydrogens is 460 g/mol. The molecule has 4 aromatic rings. The minimum atomic E-state index is -0.0673. The average molecular weight is 485 g/mol. The number of anilines is 2. The third-order valence-electron chi connectivity index (χ3n) is 5.84. The van der Waals surface area contributed by atoms with Gasteiger partial charge in [-0.1, -0.05) is 0 Å². The topological polar surface area (TPSA) is 131 Å². The van der Waals surface area contributed by atoms with Crippen molar-refractivity contribution in [2.75, 3.05) is 25.0 Å². The molecule has 0 aliphatic carbocycles. The quantitative estimate of drug-likeness (QED) is 0.453. The van der Waals surface area contributed by atoms with Crippen molar-refractivity contribution >= 4 is 28.6 Å². The number of rotatable bonds is 5. The van der Waals surface area contributed by atoms with Crippen molar-refractivity contribution in [2.45, 2.75) is 20.0 Å². The number of nitrogens with zero attached hydrogens (tertiary/aromatic N) is 7. The van der Waals surface area contributed by atoms with Gasteiger partial charge in [0.15, 0.2) is 11.4 Å². The number of imidazole rings is 1. The summed E-state index contributed by atoms with van der Waals surface area (Å²) in [5, 5.41) is 12.3. The highest BCUT2D eigenvalue weighted by atomic mass is 16.5. The van der Waals surface area contributed by atoms with Crippen LogP contribution in [0.5, 0.6) is 11.6 Å². The van der Waals surface area contributed by atoms with Gasteiger partial charge in [0, 0.05) is 32.4 Å². The largest absolute Gasteiger partial charge is 0.437 e. The summed E-state index contributed by atoms with van der Waals surface area (Å²) in [7, 11) is 1.84. The lowest BCUT2D eigenvalue weighted by Crippen LogP contribution is -2.44. The van der Waals surface area contributed by atoms with Gasteiger partial charge in [0.2, 0.25) is 5.88 Å². The Labute approximate surface area is 207 Å². The van der Waals surface area contributed by atoms with Gasteiger partial charge < -0.3 is 24.3 Å². The zero-order valence-corrected chi connectivity index (χ0v) is 20.1. The highest BCUT2D eigenvalue weighted by molar-refractivity contribution is 5.94. The first-order valence-electron chi connectivity index (χ1n) is 11.4. The Kier molecular flexibility index (Phi) is 6.18. The third kappa shape index (κ3) is 4.67. The van der Waals surface area contributed by atoms with Crippen molar-refractivity contribution in [3.63, 3.8) is 0 Å². The first-order valence-corrected chi connectivity index (χ1v) is 11.4. The normalized spacial score (nSPS) is 15.5. The van der Waals surface area contributed by atoms with E-state index in [2.05, 4.69) is 25.3 Å². The van der Waals surface area contributed by atoms with Gasteiger partial charge in [0.1, 0.15) is 23.1 Å². The molecule has 5 rings (SSSR count). The summed E-state index contributed by atoms with van der Waals surface area (Å²) in [5.74, 6) is 1.30. The zero-order chi connectivity index (χ0) is 25.2. The third-order valence-corrected chi connectivity index (χ3v) is 5.84. The monoisotopic (exact) mass is 484 g/mol. The fourth-order valence-corrected chi connectivity index (χ4v) is 3.96. The molecule has 0 bridgehead atoms. The molecule has 0 spiro atoms. The van der Waals surface area contributed by atoms with Crippen molar-refractivity contribution in [1.29, 1.82) is 5.26 Å². The van der Waals surface area contributed by atoms with Gasteiger partial charge in [-0.2, -0.15) is 10.2 Å². The maximum absolute atomic E-state index is 12.8. The first-order chi connectivity index (χ1) is 17.4. The maximum atomic E-state index is 12.8. The van der Waals surface area contributed by atoms with E-state index in [0.29, 0.717) is 65.3 Å². The van der Waals surface area contributed by atoms with Crippen LogP contribution >= 0.6 is 0 Å². The Morgan fingerprint density at radius 3 is 2.83 bits per heavy atom. The van der Waals surface area contributed by atoms with Gasteiger partial charge in [0.25, 0.3) is 5.91 Å². The van der Waals surface area contributed by atoms with E-state index >= 15 is 0 Å². The summed E-state index contributed by atoms with van der Waals surface area (Å²) < 4.78 is 13.3. The fraction of sp³-hybridized carbons (Fsp3) is 0.280. The summed E-state index contributed by atoms with van der Waals surface area (Å²) >= 11 is 0. The van der Waals surface area contributed by atoms with Crippen LogP contribution < -0.4 is 10.1 Å². The number of nitrogens with one attached hydrogen (secondary N) is 1. The number of nitriles is 1. The second-order valence-electron chi connectivity index (χ2n) is 8.57. The molecule has 1 amide bonds. The average Bonchev–Trinajstić information content (AvgIpc) is 3.26. The number of amides is 1. The van der Waals surface area contributed by atoms with E-state index < -0.39 is 0 Å². The van der Waals surface area contributed by atoms with Crippen LogP contribution in [0.4, 0.5) is 11.5 Å². The van der Waals surface area contributed by atoms with E-state index in [0.717, 1.165) is 5.56 Å². The maximum Gasteiger partial charge on any atom is 0.255 e. The van der Waals surface area contributed by atoms with Crippen molar-refractivity contribution in [3.05, 3.63) is 59.8 Å².